The van der Waals surface area contributed by atoms with E-state index in [0.29, 0.717) is 0 Å². The normalized spacial score (nSPS) is 11.4. The van der Waals surface area contributed by atoms with Gasteiger partial charge in [0.1, 0.15) is 0 Å². The van der Waals surface area contributed by atoms with E-state index in [0.717, 1.165) is 5.75 Å². The smallest absolute Gasteiger partial charge is 0.00979 e. The van der Waals surface area contributed by atoms with E-state index in [1.54, 1.807) is 0 Å². The lowest BCUT2D eigenvalue weighted by Gasteiger charge is -2.04. The van der Waals surface area contributed by atoms with Gasteiger partial charge in [0.15, 0.2) is 0 Å². The molecule has 1 heteroatoms. The van der Waals surface area contributed by atoms with Crippen LogP contribution in [0.2, 0.25) is 0 Å². The summed E-state index contributed by atoms with van der Waals surface area (Å²) in [6.45, 7) is 2.30. The van der Waals surface area contributed by atoms with Crippen LogP contribution in [0.4, 0.5) is 0 Å². The first-order valence-electron chi connectivity index (χ1n) is 15.0. The fraction of sp³-hybridized carbons (Fsp3) is 1.00. The van der Waals surface area contributed by atoms with Gasteiger partial charge < -0.3 is 0 Å². The molecule has 0 heterocycles. The Hall–Kier alpha value is 0.350. The van der Waals surface area contributed by atoms with Crippen LogP contribution in [-0.4, -0.2) is 5.75 Å². The van der Waals surface area contributed by atoms with Gasteiger partial charge in [0.25, 0.3) is 0 Å². The van der Waals surface area contributed by atoms with Gasteiger partial charge >= 0.3 is 0 Å². The summed E-state index contributed by atoms with van der Waals surface area (Å²) in [5, 5.41) is 0. The summed E-state index contributed by atoms with van der Waals surface area (Å²) >= 11 is 4.28. The van der Waals surface area contributed by atoms with Gasteiger partial charge in [-0.1, -0.05) is 180 Å². The molecular formula is C30H62S. The number of thiol groups is 1. The first-order chi connectivity index (χ1) is 15.4. The molecule has 0 amide bonds. The molecule has 0 aliphatic carbocycles. The van der Waals surface area contributed by atoms with E-state index < -0.39 is 0 Å². The van der Waals surface area contributed by atoms with Gasteiger partial charge in [-0.25, -0.2) is 0 Å². The molecule has 0 aliphatic heterocycles. The predicted molar refractivity (Wildman–Crippen MR) is 149 cm³/mol. The lowest BCUT2D eigenvalue weighted by molar-refractivity contribution is 0.514. The second-order valence-corrected chi connectivity index (χ2v) is 10.7. The van der Waals surface area contributed by atoms with Crippen molar-refractivity contribution in [3.05, 3.63) is 0 Å². The Morgan fingerprint density at radius 3 is 0.581 bits per heavy atom. The maximum atomic E-state index is 4.28. The zero-order chi connectivity index (χ0) is 22.5. The molecule has 0 saturated carbocycles. The van der Waals surface area contributed by atoms with Gasteiger partial charge in [0.05, 0.1) is 0 Å². The van der Waals surface area contributed by atoms with E-state index in [1.165, 1.54) is 180 Å². The van der Waals surface area contributed by atoms with Crippen LogP contribution in [0.3, 0.4) is 0 Å². The van der Waals surface area contributed by atoms with Crippen molar-refractivity contribution < 1.29 is 0 Å². The van der Waals surface area contributed by atoms with Crippen molar-refractivity contribution in [1.82, 2.24) is 0 Å². The predicted octanol–water partition coefficient (Wildman–Crippen LogP) is 11.9. The first kappa shape index (κ1) is 31.4. The molecular weight excluding hydrogens is 392 g/mol. The third kappa shape index (κ3) is 30.4. The molecule has 0 aromatic heterocycles. The van der Waals surface area contributed by atoms with E-state index >= 15 is 0 Å². The molecule has 0 fully saturated rings. The fourth-order valence-corrected chi connectivity index (χ4v) is 5.00. The number of hydrogen-bond acceptors (Lipinski definition) is 1. The third-order valence-electron chi connectivity index (χ3n) is 7.01. The molecule has 0 spiro atoms. The van der Waals surface area contributed by atoms with Crippen molar-refractivity contribution in [2.45, 2.75) is 187 Å². The van der Waals surface area contributed by atoms with E-state index in [-0.39, 0.29) is 0 Å². The van der Waals surface area contributed by atoms with Crippen LogP contribution >= 0.6 is 12.6 Å². The number of hydrogen-bond donors (Lipinski definition) is 1. The summed E-state index contributed by atoms with van der Waals surface area (Å²) in [5.74, 6) is 1.07. The minimum atomic E-state index is 1.07. The molecule has 0 atom stereocenters. The molecule has 0 aromatic carbocycles. The molecule has 31 heavy (non-hydrogen) atoms. The van der Waals surface area contributed by atoms with Crippen molar-refractivity contribution in [2.24, 2.45) is 0 Å². The second kappa shape index (κ2) is 30.4. The number of rotatable bonds is 28. The van der Waals surface area contributed by atoms with E-state index in [1.807, 2.05) is 0 Å². The maximum Gasteiger partial charge on any atom is -0.00979 e. The van der Waals surface area contributed by atoms with Gasteiger partial charge in [-0.3, -0.25) is 0 Å². The summed E-state index contributed by atoms with van der Waals surface area (Å²) in [4.78, 5) is 0. The van der Waals surface area contributed by atoms with Crippen LogP contribution < -0.4 is 0 Å². The van der Waals surface area contributed by atoms with Gasteiger partial charge in [0, 0.05) is 0 Å². The van der Waals surface area contributed by atoms with Crippen LogP contribution in [0.15, 0.2) is 0 Å². The SMILES string of the molecule is CCCCCCCCCCCCCCCCCCCCCCCCCCCCCCS. The van der Waals surface area contributed by atoms with Crippen LogP contribution in [0.1, 0.15) is 187 Å². The molecule has 0 unspecified atom stereocenters. The van der Waals surface area contributed by atoms with Gasteiger partial charge in [-0.2, -0.15) is 12.6 Å². The summed E-state index contributed by atoms with van der Waals surface area (Å²) in [5.41, 5.74) is 0. The minimum absolute atomic E-state index is 1.07. The van der Waals surface area contributed by atoms with Crippen molar-refractivity contribution in [1.29, 1.82) is 0 Å². The zero-order valence-electron chi connectivity index (χ0n) is 22.0. The Bertz CT molecular complexity index is 260. The summed E-state index contributed by atoms with van der Waals surface area (Å²) < 4.78 is 0. The highest BCUT2D eigenvalue weighted by Gasteiger charge is 1.96. The molecule has 0 N–H and O–H groups in total. The van der Waals surface area contributed by atoms with Crippen LogP contribution in [0, 0.1) is 0 Å². The quantitative estimate of drug-likeness (QED) is 0.0881. The van der Waals surface area contributed by atoms with Crippen molar-refractivity contribution in [3.8, 4) is 0 Å². The minimum Gasteiger partial charge on any atom is -0.179 e. The lowest BCUT2D eigenvalue weighted by Crippen LogP contribution is -1.85. The average Bonchev–Trinajstić information content (AvgIpc) is 2.78. The Kier molecular flexibility index (Phi) is 30.7. The monoisotopic (exact) mass is 454 g/mol. The standard InChI is InChI=1S/C30H62S/c1-2-3-4-5-6-7-8-9-10-11-12-13-14-15-16-17-18-19-20-21-22-23-24-25-26-27-28-29-30-31/h31H,2-30H2,1H3. The van der Waals surface area contributed by atoms with E-state index in [9.17, 15) is 0 Å². The Morgan fingerprint density at radius 1 is 0.258 bits per heavy atom. The molecule has 0 saturated heterocycles. The molecule has 188 valence electrons. The van der Waals surface area contributed by atoms with E-state index in [2.05, 4.69) is 19.6 Å². The maximum absolute atomic E-state index is 4.28. The van der Waals surface area contributed by atoms with Crippen molar-refractivity contribution in [3.63, 3.8) is 0 Å². The highest BCUT2D eigenvalue weighted by atomic mass is 32.1. The topological polar surface area (TPSA) is 0 Å². The van der Waals surface area contributed by atoms with Crippen LogP contribution in [0.5, 0.6) is 0 Å². The number of unbranched alkanes of at least 4 members (excludes halogenated alkanes) is 27. The van der Waals surface area contributed by atoms with E-state index in [4.69, 9.17) is 0 Å². The Balaban J connectivity index is 2.98. The van der Waals surface area contributed by atoms with Crippen molar-refractivity contribution in [2.75, 3.05) is 5.75 Å². The summed E-state index contributed by atoms with van der Waals surface area (Å²) in [7, 11) is 0. The van der Waals surface area contributed by atoms with Crippen molar-refractivity contribution >= 4 is 12.6 Å². The van der Waals surface area contributed by atoms with Gasteiger partial charge in [-0.15, -0.1) is 0 Å². The molecule has 0 rings (SSSR count). The van der Waals surface area contributed by atoms with Crippen LogP contribution in [0.25, 0.3) is 0 Å². The molecule has 0 aliphatic rings. The first-order valence-corrected chi connectivity index (χ1v) is 15.7. The van der Waals surface area contributed by atoms with Crippen LogP contribution in [-0.2, 0) is 0 Å². The molecule has 0 aromatic rings. The Labute approximate surface area is 204 Å². The largest absolute Gasteiger partial charge is 0.179 e. The zero-order valence-corrected chi connectivity index (χ0v) is 22.8. The van der Waals surface area contributed by atoms with Gasteiger partial charge in [-0.05, 0) is 12.2 Å². The summed E-state index contributed by atoms with van der Waals surface area (Å²) in [6.07, 6.45) is 41.1. The Morgan fingerprint density at radius 2 is 0.419 bits per heavy atom. The fourth-order valence-electron chi connectivity index (χ4n) is 4.78. The molecule has 0 bridgehead atoms. The summed E-state index contributed by atoms with van der Waals surface area (Å²) in [6, 6.07) is 0. The lowest BCUT2D eigenvalue weighted by atomic mass is 10.0. The molecule has 0 nitrogen and oxygen atoms in total. The highest BCUT2D eigenvalue weighted by molar-refractivity contribution is 7.80. The highest BCUT2D eigenvalue weighted by Crippen LogP contribution is 2.16. The average molecular weight is 455 g/mol. The third-order valence-corrected chi connectivity index (χ3v) is 7.33. The molecule has 0 radical (unpaired) electrons. The second-order valence-electron chi connectivity index (χ2n) is 10.3. The van der Waals surface area contributed by atoms with Gasteiger partial charge in [0.2, 0.25) is 0 Å².